The minimum Gasteiger partial charge on any atom is -0.377 e. The fourth-order valence-corrected chi connectivity index (χ4v) is 2.18. The first-order valence-corrected chi connectivity index (χ1v) is 5.88. The number of hydrogen-bond acceptors (Lipinski definition) is 2. The summed E-state index contributed by atoms with van der Waals surface area (Å²) < 4.78 is 0. The second kappa shape index (κ2) is 5.03. The summed E-state index contributed by atoms with van der Waals surface area (Å²) in [7, 11) is 0. The number of nitriles is 1. The van der Waals surface area contributed by atoms with E-state index in [0.29, 0.717) is 0 Å². The zero-order valence-corrected chi connectivity index (χ0v) is 10.2. The van der Waals surface area contributed by atoms with E-state index in [1.165, 1.54) is 0 Å². The molecule has 0 amide bonds. The molecule has 2 aromatic rings. The lowest BCUT2D eigenvalue weighted by Crippen LogP contribution is -2.36. The molecule has 0 bridgehead atoms. The third-order valence-electron chi connectivity index (χ3n) is 3.42. The highest BCUT2D eigenvalue weighted by molar-refractivity contribution is 5.41. The fraction of sp³-hybridized carbons (Fsp3) is 0.188. The average Bonchev–Trinajstić information content (AvgIpc) is 2.47. The number of nitrogens with zero attached hydrogens (tertiary/aromatic N) is 1. The van der Waals surface area contributed by atoms with Crippen molar-refractivity contribution in [3.63, 3.8) is 0 Å². The van der Waals surface area contributed by atoms with Crippen LogP contribution in [-0.2, 0) is 5.41 Å². The van der Waals surface area contributed by atoms with Gasteiger partial charge in [-0.25, -0.2) is 0 Å². The maximum absolute atomic E-state index is 10.1. The van der Waals surface area contributed by atoms with Crippen molar-refractivity contribution in [1.82, 2.24) is 0 Å². The van der Waals surface area contributed by atoms with Gasteiger partial charge in [0.1, 0.15) is 0 Å². The zero-order valence-electron chi connectivity index (χ0n) is 10.2. The van der Waals surface area contributed by atoms with E-state index < -0.39 is 11.5 Å². The van der Waals surface area contributed by atoms with Gasteiger partial charge in [-0.1, -0.05) is 60.7 Å². The lowest BCUT2D eigenvalue weighted by Gasteiger charge is -2.32. The third kappa shape index (κ3) is 2.01. The van der Waals surface area contributed by atoms with Gasteiger partial charge in [-0.3, -0.25) is 0 Å². The third-order valence-corrected chi connectivity index (χ3v) is 3.42. The molecule has 90 valence electrons. The Bertz CT molecular complexity index is 503. The molecule has 0 aliphatic heterocycles. The fourth-order valence-electron chi connectivity index (χ4n) is 2.18. The Balaban J connectivity index is 2.60. The van der Waals surface area contributed by atoms with E-state index >= 15 is 0 Å². The molecule has 1 unspecified atom stereocenters. The molecule has 0 spiro atoms. The summed E-state index contributed by atoms with van der Waals surface area (Å²) in [4.78, 5) is 0. The molecule has 2 nitrogen and oxygen atoms in total. The average molecular weight is 237 g/mol. The standard InChI is InChI=1S/C16H15NO/c1-16(15(18)12-17,13-8-4-2-5-9-13)14-10-6-3-7-11-14/h2-11,15,18H,1H3. The molecule has 2 aromatic carbocycles. The summed E-state index contributed by atoms with van der Waals surface area (Å²) in [5, 5.41) is 19.2. The first kappa shape index (κ1) is 12.3. The quantitative estimate of drug-likeness (QED) is 0.834. The highest BCUT2D eigenvalue weighted by atomic mass is 16.3. The van der Waals surface area contributed by atoms with Gasteiger partial charge in [0.05, 0.1) is 11.5 Å². The SMILES string of the molecule is CC(c1ccccc1)(c1ccccc1)C(O)C#N. The predicted molar refractivity (Wildman–Crippen MR) is 71.0 cm³/mol. The number of benzene rings is 2. The van der Waals surface area contributed by atoms with Gasteiger partial charge in [0.15, 0.2) is 6.10 Å². The second-order valence-corrected chi connectivity index (χ2v) is 4.47. The molecular weight excluding hydrogens is 222 g/mol. The van der Waals surface area contributed by atoms with Crippen molar-refractivity contribution in [3.05, 3.63) is 71.8 Å². The summed E-state index contributed by atoms with van der Waals surface area (Å²) in [5.74, 6) is 0. The highest BCUT2D eigenvalue weighted by Crippen LogP contribution is 2.34. The Hall–Kier alpha value is -2.11. The van der Waals surface area contributed by atoms with Gasteiger partial charge < -0.3 is 5.11 Å². The molecule has 1 atom stereocenters. The van der Waals surface area contributed by atoms with Crippen molar-refractivity contribution in [2.45, 2.75) is 18.4 Å². The summed E-state index contributed by atoms with van der Waals surface area (Å²) in [6, 6.07) is 21.2. The van der Waals surface area contributed by atoms with Crippen LogP contribution in [0.3, 0.4) is 0 Å². The number of aliphatic hydroxyl groups excluding tert-OH is 1. The molecule has 2 rings (SSSR count). The van der Waals surface area contributed by atoms with E-state index in [2.05, 4.69) is 0 Å². The first-order valence-electron chi connectivity index (χ1n) is 5.88. The lowest BCUT2D eigenvalue weighted by molar-refractivity contribution is 0.163. The van der Waals surface area contributed by atoms with Crippen LogP contribution in [0.25, 0.3) is 0 Å². The summed E-state index contributed by atoms with van der Waals surface area (Å²) in [6.07, 6.45) is -1.08. The van der Waals surface area contributed by atoms with Gasteiger partial charge >= 0.3 is 0 Å². The second-order valence-electron chi connectivity index (χ2n) is 4.47. The molecule has 0 aliphatic carbocycles. The van der Waals surface area contributed by atoms with Gasteiger partial charge in [-0.15, -0.1) is 0 Å². The Morgan fingerprint density at radius 3 is 1.67 bits per heavy atom. The highest BCUT2D eigenvalue weighted by Gasteiger charge is 2.36. The van der Waals surface area contributed by atoms with Crippen LogP contribution < -0.4 is 0 Å². The van der Waals surface area contributed by atoms with Crippen molar-refractivity contribution in [1.29, 1.82) is 5.26 Å². The Morgan fingerprint density at radius 1 is 0.944 bits per heavy atom. The van der Waals surface area contributed by atoms with Crippen LogP contribution in [0.1, 0.15) is 18.1 Å². The van der Waals surface area contributed by atoms with E-state index in [4.69, 9.17) is 5.26 Å². The Kier molecular flexibility index (Phi) is 3.45. The van der Waals surface area contributed by atoms with Crippen molar-refractivity contribution in [2.75, 3.05) is 0 Å². The van der Waals surface area contributed by atoms with E-state index in [9.17, 15) is 5.11 Å². The van der Waals surface area contributed by atoms with Gasteiger partial charge in [-0.05, 0) is 18.1 Å². The smallest absolute Gasteiger partial charge is 0.153 e. The first-order chi connectivity index (χ1) is 8.69. The molecule has 0 heterocycles. The van der Waals surface area contributed by atoms with Crippen molar-refractivity contribution in [2.24, 2.45) is 0 Å². The van der Waals surface area contributed by atoms with E-state index in [1.54, 1.807) is 0 Å². The Labute approximate surface area is 107 Å². The monoisotopic (exact) mass is 237 g/mol. The summed E-state index contributed by atoms with van der Waals surface area (Å²) in [5.41, 5.74) is 1.16. The van der Waals surface area contributed by atoms with Crippen molar-refractivity contribution < 1.29 is 5.11 Å². The van der Waals surface area contributed by atoms with Gasteiger partial charge in [-0.2, -0.15) is 5.26 Å². The number of hydrogen-bond donors (Lipinski definition) is 1. The van der Waals surface area contributed by atoms with Gasteiger partial charge in [0, 0.05) is 0 Å². The largest absolute Gasteiger partial charge is 0.377 e. The van der Waals surface area contributed by atoms with Crippen LogP contribution in [0.5, 0.6) is 0 Å². The molecule has 0 radical (unpaired) electrons. The molecule has 0 aliphatic rings. The van der Waals surface area contributed by atoms with Gasteiger partial charge in [0.25, 0.3) is 0 Å². The maximum atomic E-state index is 10.1. The van der Waals surface area contributed by atoms with E-state index in [0.717, 1.165) is 11.1 Å². The minimum absolute atomic E-state index is 0.711. The molecule has 0 fully saturated rings. The lowest BCUT2D eigenvalue weighted by atomic mass is 9.72. The van der Waals surface area contributed by atoms with Crippen LogP contribution in [0.15, 0.2) is 60.7 Å². The zero-order chi connectivity index (χ0) is 13.0. The topological polar surface area (TPSA) is 44.0 Å². The van der Waals surface area contributed by atoms with Gasteiger partial charge in [0.2, 0.25) is 0 Å². The molecule has 0 saturated carbocycles. The molecular formula is C16H15NO. The molecule has 1 N–H and O–H groups in total. The summed E-state index contributed by atoms with van der Waals surface area (Å²) >= 11 is 0. The van der Waals surface area contributed by atoms with Crippen LogP contribution in [0.4, 0.5) is 0 Å². The summed E-state index contributed by atoms with van der Waals surface area (Å²) in [6.45, 7) is 1.89. The maximum Gasteiger partial charge on any atom is 0.153 e. The van der Waals surface area contributed by atoms with E-state index in [-0.39, 0.29) is 0 Å². The van der Waals surface area contributed by atoms with Crippen LogP contribution in [0.2, 0.25) is 0 Å². The predicted octanol–water partition coefficient (Wildman–Crippen LogP) is 2.88. The molecule has 2 heteroatoms. The number of rotatable bonds is 3. The molecule has 18 heavy (non-hydrogen) atoms. The molecule has 0 aromatic heterocycles. The Morgan fingerprint density at radius 2 is 1.33 bits per heavy atom. The van der Waals surface area contributed by atoms with Crippen molar-refractivity contribution >= 4 is 0 Å². The molecule has 0 saturated heterocycles. The van der Waals surface area contributed by atoms with Crippen molar-refractivity contribution in [3.8, 4) is 6.07 Å². The van der Waals surface area contributed by atoms with Crippen LogP contribution in [0, 0.1) is 11.3 Å². The minimum atomic E-state index is -1.08. The van der Waals surface area contributed by atoms with Crippen LogP contribution in [-0.4, -0.2) is 11.2 Å². The van der Waals surface area contributed by atoms with E-state index in [1.807, 2.05) is 73.7 Å². The normalized spacial score (nSPS) is 12.7. The van der Waals surface area contributed by atoms with Crippen LogP contribution >= 0.6 is 0 Å². The number of aliphatic hydroxyl groups is 1.